The molecule has 0 aliphatic rings. The van der Waals surface area contributed by atoms with Gasteiger partial charge in [-0.1, -0.05) is 12.6 Å². The van der Waals surface area contributed by atoms with Crippen LogP contribution in [0, 0.1) is 0 Å². The molecule has 0 spiro atoms. The Morgan fingerprint density at radius 3 is 2.75 bits per heavy atom. The van der Waals surface area contributed by atoms with Gasteiger partial charge in [0, 0.05) is 12.7 Å². The van der Waals surface area contributed by atoms with Crippen molar-refractivity contribution in [3.8, 4) is 0 Å². The Kier molecular flexibility index (Phi) is 6.70. The van der Waals surface area contributed by atoms with E-state index in [-0.39, 0.29) is 15.7 Å². The molecule has 0 N–H and O–H groups in total. The van der Waals surface area contributed by atoms with Crippen LogP contribution in [-0.2, 0) is 14.0 Å². The van der Waals surface area contributed by atoms with E-state index in [1.54, 1.807) is 19.7 Å². The molecule has 0 saturated heterocycles. The van der Waals surface area contributed by atoms with Gasteiger partial charge in [-0.2, -0.15) is 0 Å². The van der Waals surface area contributed by atoms with Crippen molar-refractivity contribution < 1.29 is 14.0 Å². The Morgan fingerprint density at radius 2 is 2.25 bits per heavy atom. The maximum Gasteiger partial charge on any atom is 0.333 e. The normalized spacial score (nSPS) is 11.4. The minimum atomic E-state index is -0.249. The van der Waals surface area contributed by atoms with Gasteiger partial charge in [0.05, 0.1) is 6.61 Å². The monoisotopic (exact) mass is 186 g/mol. The van der Waals surface area contributed by atoms with Gasteiger partial charge in [-0.25, -0.2) is 4.79 Å². The first-order valence-electron chi connectivity index (χ1n) is 3.84. The molecule has 0 aromatic carbocycles. The summed E-state index contributed by atoms with van der Waals surface area (Å²) in [5.41, 5.74) is 2.35. The van der Waals surface area contributed by atoms with Crippen LogP contribution in [0.25, 0.3) is 0 Å². The summed E-state index contributed by atoms with van der Waals surface area (Å²) in [7, 11) is 1.83. The summed E-state index contributed by atoms with van der Waals surface area (Å²) in [4.78, 5) is 11.1. The molecule has 2 radical (unpaired) electrons. The van der Waals surface area contributed by atoms with E-state index in [2.05, 4.69) is 0 Å². The molecule has 0 aromatic heterocycles. The van der Waals surface area contributed by atoms with Crippen LogP contribution in [0.5, 0.6) is 0 Å². The van der Waals surface area contributed by atoms with Gasteiger partial charge in [0.15, 0.2) is 0 Å². The highest BCUT2D eigenvalue weighted by atomic mass is 28.2. The largest absolute Gasteiger partial charge is 0.462 e. The molecule has 0 aliphatic carbocycles. The highest BCUT2D eigenvalue weighted by Gasteiger charge is 2.03. The highest BCUT2D eigenvalue weighted by molar-refractivity contribution is 6.35. The number of ether oxygens (including phenoxy) is 1. The number of hydrogen-bond acceptors (Lipinski definition) is 3. The second kappa shape index (κ2) is 7.06. The molecule has 0 atom stereocenters. The van der Waals surface area contributed by atoms with E-state index in [9.17, 15) is 4.79 Å². The van der Waals surface area contributed by atoms with Crippen LogP contribution in [0.1, 0.15) is 20.3 Å². The van der Waals surface area contributed by atoms with Crippen LogP contribution < -0.4 is 0 Å². The number of esters is 1. The number of carbonyl (C=O) groups is 1. The fraction of sp³-hybridized carbons (Fsp3) is 0.625. The van der Waals surface area contributed by atoms with E-state index >= 15 is 0 Å². The molecular weight excluding hydrogens is 172 g/mol. The molecule has 0 rings (SSSR count). The summed E-state index contributed by atoms with van der Waals surface area (Å²) >= 11 is 0. The van der Waals surface area contributed by atoms with Crippen LogP contribution in [0.4, 0.5) is 0 Å². The summed E-state index contributed by atoms with van der Waals surface area (Å²) in [6.07, 6.45) is 0.853. The Labute approximate surface area is 75.7 Å². The molecule has 0 heterocycles. The fourth-order valence-electron chi connectivity index (χ4n) is 0.515. The summed E-state index contributed by atoms with van der Waals surface area (Å²) < 4.78 is 9.70. The van der Waals surface area contributed by atoms with Crippen molar-refractivity contribution in [2.75, 3.05) is 13.7 Å². The average molecular weight is 186 g/mol. The highest BCUT2D eigenvalue weighted by Crippen LogP contribution is 1.96. The van der Waals surface area contributed by atoms with Crippen molar-refractivity contribution >= 4 is 15.7 Å². The van der Waals surface area contributed by atoms with E-state index in [1.807, 2.05) is 6.92 Å². The molecule has 0 amide bonds. The van der Waals surface area contributed by atoms with Crippen molar-refractivity contribution in [1.29, 1.82) is 0 Å². The van der Waals surface area contributed by atoms with Gasteiger partial charge in [-0.05, 0) is 13.3 Å². The van der Waals surface area contributed by atoms with Crippen molar-refractivity contribution in [2.24, 2.45) is 0 Å². The van der Waals surface area contributed by atoms with Crippen molar-refractivity contribution in [3.63, 3.8) is 0 Å². The zero-order valence-corrected chi connectivity index (χ0v) is 8.72. The number of carbonyl (C=O) groups excluding carboxylic acids is 1. The van der Waals surface area contributed by atoms with Gasteiger partial charge < -0.3 is 9.16 Å². The standard InChI is InChI=1S/C8H14O3Si/c1-4-5-11-8(9)7(2)6-12-10-3/h6H,4-5H2,1-3H3/b7-6+. The van der Waals surface area contributed by atoms with Crippen LogP contribution in [0.2, 0.25) is 0 Å². The second-order valence-corrected chi connectivity index (χ2v) is 3.22. The zero-order chi connectivity index (χ0) is 9.40. The smallest absolute Gasteiger partial charge is 0.333 e. The van der Waals surface area contributed by atoms with Gasteiger partial charge in [-0.15, -0.1) is 0 Å². The van der Waals surface area contributed by atoms with E-state index < -0.39 is 0 Å². The van der Waals surface area contributed by atoms with Gasteiger partial charge in [0.2, 0.25) is 0 Å². The molecule has 4 heteroatoms. The van der Waals surface area contributed by atoms with Crippen LogP contribution in [0.3, 0.4) is 0 Å². The van der Waals surface area contributed by atoms with Crippen molar-refractivity contribution in [2.45, 2.75) is 20.3 Å². The Hall–Kier alpha value is -0.613. The summed E-state index contributed by atoms with van der Waals surface area (Å²) in [5, 5.41) is 0. The van der Waals surface area contributed by atoms with Crippen LogP contribution in [-0.4, -0.2) is 29.4 Å². The molecule has 0 aromatic rings. The average Bonchev–Trinajstić information content (AvgIpc) is 2.10. The Bertz CT molecular complexity index is 166. The minimum absolute atomic E-state index is 0.230. The van der Waals surface area contributed by atoms with Gasteiger partial charge in [0.1, 0.15) is 0 Å². The second-order valence-electron chi connectivity index (χ2n) is 2.29. The van der Waals surface area contributed by atoms with E-state index in [0.29, 0.717) is 12.2 Å². The molecule has 0 bridgehead atoms. The fourth-order valence-corrected chi connectivity index (χ4v) is 0.927. The molecule has 0 aliphatic heterocycles. The Morgan fingerprint density at radius 1 is 1.58 bits per heavy atom. The van der Waals surface area contributed by atoms with Crippen molar-refractivity contribution in [3.05, 3.63) is 11.3 Å². The maximum absolute atomic E-state index is 11.1. The molecule has 12 heavy (non-hydrogen) atoms. The van der Waals surface area contributed by atoms with Gasteiger partial charge in [0.25, 0.3) is 9.76 Å². The van der Waals surface area contributed by atoms with E-state index in [4.69, 9.17) is 9.16 Å². The molecule has 0 saturated carbocycles. The summed E-state index contributed by atoms with van der Waals surface area (Å²) in [5.74, 6) is -0.249. The maximum atomic E-state index is 11.1. The molecule has 3 nitrogen and oxygen atoms in total. The van der Waals surface area contributed by atoms with Crippen LogP contribution in [0.15, 0.2) is 11.3 Å². The lowest BCUT2D eigenvalue weighted by Gasteiger charge is -2.01. The van der Waals surface area contributed by atoms with Gasteiger partial charge >= 0.3 is 5.97 Å². The van der Waals surface area contributed by atoms with E-state index in [1.165, 1.54) is 0 Å². The topological polar surface area (TPSA) is 35.5 Å². The van der Waals surface area contributed by atoms with Crippen molar-refractivity contribution in [1.82, 2.24) is 0 Å². The van der Waals surface area contributed by atoms with E-state index in [0.717, 1.165) is 6.42 Å². The van der Waals surface area contributed by atoms with Crippen LogP contribution >= 0.6 is 0 Å². The summed E-state index contributed by atoms with van der Waals surface area (Å²) in [6.45, 7) is 4.17. The molecule has 68 valence electrons. The first kappa shape index (κ1) is 11.4. The Balaban J connectivity index is 3.75. The lowest BCUT2D eigenvalue weighted by molar-refractivity contribution is -0.138. The first-order valence-corrected chi connectivity index (χ1v) is 4.83. The molecule has 0 unspecified atom stereocenters. The lowest BCUT2D eigenvalue weighted by Crippen LogP contribution is -2.07. The third-order valence-corrected chi connectivity index (χ3v) is 1.94. The number of rotatable bonds is 5. The third kappa shape index (κ3) is 5.09. The van der Waals surface area contributed by atoms with Gasteiger partial charge in [-0.3, -0.25) is 0 Å². The molecular formula is C8H14O3Si. The SMILES string of the molecule is CCCOC(=O)/C(C)=C/[Si]OC. The lowest BCUT2D eigenvalue weighted by atomic mass is 10.4. The first-order chi connectivity index (χ1) is 5.72. The summed E-state index contributed by atoms with van der Waals surface area (Å²) in [6, 6.07) is 0. The zero-order valence-electron chi connectivity index (χ0n) is 7.72. The quantitative estimate of drug-likeness (QED) is 0.366. The molecule has 0 fully saturated rings. The number of hydrogen-bond donors (Lipinski definition) is 0. The predicted molar refractivity (Wildman–Crippen MR) is 47.8 cm³/mol. The predicted octanol–water partition coefficient (Wildman–Crippen LogP) is 1.11. The third-order valence-electron chi connectivity index (χ3n) is 1.15. The minimum Gasteiger partial charge on any atom is -0.462 e.